The summed E-state index contributed by atoms with van der Waals surface area (Å²) in [5.74, 6) is 0.924. The van der Waals surface area contributed by atoms with Gasteiger partial charge < -0.3 is 9.84 Å². The second-order valence-electron chi connectivity index (χ2n) is 4.68. The molecule has 0 aliphatic heterocycles. The number of hydrogen-bond acceptors (Lipinski definition) is 4. The highest BCUT2D eigenvalue weighted by molar-refractivity contribution is 7.09. The highest BCUT2D eigenvalue weighted by Gasteiger charge is 2.10. The number of hydrogen-bond donors (Lipinski definition) is 1. The van der Waals surface area contributed by atoms with E-state index in [0.717, 1.165) is 31.8 Å². The molecule has 0 aliphatic rings. The first-order valence-corrected chi connectivity index (χ1v) is 7.69. The number of para-hydroxylation sites is 1. The summed E-state index contributed by atoms with van der Waals surface area (Å²) >= 11 is 1.77. The molecular weight excluding hydrogens is 270 g/mol. The van der Waals surface area contributed by atoms with Crippen molar-refractivity contribution in [2.45, 2.75) is 19.5 Å². The van der Waals surface area contributed by atoms with E-state index in [1.807, 2.05) is 18.2 Å². The smallest absolute Gasteiger partial charge is 0.123 e. The van der Waals surface area contributed by atoms with Crippen molar-refractivity contribution >= 4 is 11.3 Å². The van der Waals surface area contributed by atoms with E-state index in [9.17, 15) is 0 Å². The van der Waals surface area contributed by atoms with Crippen LogP contribution in [0.5, 0.6) is 5.75 Å². The molecule has 2 rings (SSSR count). The third-order valence-electron chi connectivity index (χ3n) is 3.18. The van der Waals surface area contributed by atoms with Crippen molar-refractivity contribution < 1.29 is 9.84 Å². The maximum Gasteiger partial charge on any atom is 0.123 e. The molecule has 0 spiro atoms. The molecule has 108 valence electrons. The third-order valence-corrected chi connectivity index (χ3v) is 4.04. The van der Waals surface area contributed by atoms with Crippen LogP contribution in [-0.2, 0) is 13.1 Å². The number of aliphatic hydroxyl groups is 1. The lowest BCUT2D eigenvalue weighted by atomic mass is 10.2. The van der Waals surface area contributed by atoms with Gasteiger partial charge in [0.15, 0.2) is 0 Å². The van der Waals surface area contributed by atoms with Gasteiger partial charge in [0.2, 0.25) is 0 Å². The minimum Gasteiger partial charge on any atom is -0.496 e. The molecule has 20 heavy (non-hydrogen) atoms. The first-order chi connectivity index (χ1) is 9.83. The number of nitrogens with zero attached hydrogens (tertiary/aromatic N) is 1. The molecular formula is C16H21NO2S. The largest absolute Gasteiger partial charge is 0.496 e. The molecule has 4 heteroatoms. The number of benzene rings is 1. The molecule has 3 nitrogen and oxygen atoms in total. The maximum atomic E-state index is 9.06. The first kappa shape index (κ1) is 15.0. The van der Waals surface area contributed by atoms with Crippen LogP contribution in [0.15, 0.2) is 41.8 Å². The van der Waals surface area contributed by atoms with Gasteiger partial charge >= 0.3 is 0 Å². The van der Waals surface area contributed by atoms with Crippen LogP contribution < -0.4 is 4.74 Å². The molecule has 0 atom stereocenters. The van der Waals surface area contributed by atoms with Crippen LogP contribution in [0, 0.1) is 0 Å². The molecule has 0 fully saturated rings. The minimum absolute atomic E-state index is 0.229. The molecule has 0 amide bonds. The van der Waals surface area contributed by atoms with Gasteiger partial charge in [-0.2, -0.15) is 0 Å². The van der Waals surface area contributed by atoms with Crippen LogP contribution in [0.1, 0.15) is 16.9 Å². The molecule has 0 unspecified atom stereocenters. The lowest BCUT2D eigenvalue weighted by Gasteiger charge is -2.22. The molecule has 0 aliphatic carbocycles. The molecule has 1 aromatic heterocycles. The van der Waals surface area contributed by atoms with Crippen molar-refractivity contribution in [2.24, 2.45) is 0 Å². The average molecular weight is 291 g/mol. The van der Waals surface area contributed by atoms with E-state index in [1.54, 1.807) is 18.4 Å². The van der Waals surface area contributed by atoms with Crippen LogP contribution in [-0.4, -0.2) is 30.3 Å². The van der Waals surface area contributed by atoms with Crippen molar-refractivity contribution in [3.05, 3.63) is 52.2 Å². The standard InChI is InChI=1S/C16H21NO2S/c1-19-16-8-3-2-6-14(16)12-17(9-5-10-18)13-15-7-4-11-20-15/h2-4,6-8,11,18H,5,9-10,12-13H2,1H3. The summed E-state index contributed by atoms with van der Waals surface area (Å²) in [6.45, 7) is 2.86. The van der Waals surface area contributed by atoms with E-state index in [4.69, 9.17) is 9.84 Å². The van der Waals surface area contributed by atoms with Gasteiger partial charge in [-0.1, -0.05) is 24.3 Å². The summed E-state index contributed by atoms with van der Waals surface area (Å²) in [6, 6.07) is 12.3. The van der Waals surface area contributed by atoms with Gasteiger partial charge in [0.05, 0.1) is 7.11 Å². The van der Waals surface area contributed by atoms with E-state index in [1.165, 1.54) is 10.4 Å². The second kappa shape index (κ2) is 8.04. The van der Waals surface area contributed by atoms with E-state index >= 15 is 0 Å². The molecule has 2 aromatic rings. The maximum absolute atomic E-state index is 9.06. The molecule has 1 heterocycles. The summed E-state index contributed by atoms with van der Waals surface area (Å²) in [6.07, 6.45) is 0.792. The van der Waals surface area contributed by atoms with Gasteiger partial charge in [0.1, 0.15) is 5.75 Å². The fraction of sp³-hybridized carbons (Fsp3) is 0.375. The van der Waals surface area contributed by atoms with Gasteiger partial charge in [0, 0.05) is 36.7 Å². The Morgan fingerprint density at radius 1 is 1.15 bits per heavy atom. The summed E-state index contributed by atoms with van der Waals surface area (Å²) in [7, 11) is 1.70. The Labute approximate surface area is 124 Å². The van der Waals surface area contributed by atoms with Crippen LogP contribution >= 0.6 is 11.3 Å². The first-order valence-electron chi connectivity index (χ1n) is 6.81. The molecule has 1 N–H and O–H groups in total. The average Bonchev–Trinajstić information content (AvgIpc) is 2.98. The highest BCUT2D eigenvalue weighted by Crippen LogP contribution is 2.21. The quantitative estimate of drug-likeness (QED) is 0.811. The van der Waals surface area contributed by atoms with E-state index in [2.05, 4.69) is 28.5 Å². The second-order valence-corrected chi connectivity index (χ2v) is 5.71. The Morgan fingerprint density at radius 3 is 2.70 bits per heavy atom. The van der Waals surface area contributed by atoms with E-state index in [0.29, 0.717) is 0 Å². The monoisotopic (exact) mass is 291 g/mol. The van der Waals surface area contributed by atoms with E-state index in [-0.39, 0.29) is 6.61 Å². The van der Waals surface area contributed by atoms with Gasteiger partial charge in [-0.25, -0.2) is 0 Å². The topological polar surface area (TPSA) is 32.7 Å². The lowest BCUT2D eigenvalue weighted by Crippen LogP contribution is -2.24. The molecule has 0 radical (unpaired) electrons. The van der Waals surface area contributed by atoms with Crippen LogP contribution in [0.2, 0.25) is 0 Å². The minimum atomic E-state index is 0.229. The van der Waals surface area contributed by atoms with Crippen LogP contribution in [0.3, 0.4) is 0 Å². The number of ether oxygens (including phenoxy) is 1. The third kappa shape index (κ3) is 4.34. The summed E-state index contributed by atoms with van der Waals surface area (Å²) < 4.78 is 5.41. The number of rotatable bonds is 8. The fourth-order valence-electron chi connectivity index (χ4n) is 2.21. The predicted molar refractivity (Wildman–Crippen MR) is 83.1 cm³/mol. The van der Waals surface area contributed by atoms with Gasteiger partial charge in [-0.15, -0.1) is 11.3 Å². The summed E-state index contributed by atoms with van der Waals surface area (Å²) in [5, 5.41) is 11.2. The van der Waals surface area contributed by atoms with Crippen molar-refractivity contribution in [3.63, 3.8) is 0 Å². The Kier molecular flexibility index (Phi) is 6.05. The van der Waals surface area contributed by atoms with Gasteiger partial charge in [0.25, 0.3) is 0 Å². The number of thiophene rings is 1. The zero-order valence-electron chi connectivity index (χ0n) is 11.8. The zero-order valence-corrected chi connectivity index (χ0v) is 12.6. The van der Waals surface area contributed by atoms with E-state index < -0.39 is 0 Å². The molecule has 1 aromatic carbocycles. The number of aliphatic hydroxyl groups excluding tert-OH is 1. The summed E-state index contributed by atoms with van der Waals surface area (Å²) in [4.78, 5) is 3.69. The predicted octanol–water partition coefficient (Wildman–Crippen LogP) is 3.14. The normalized spacial score (nSPS) is 10.9. The molecule has 0 saturated heterocycles. The fourth-order valence-corrected chi connectivity index (χ4v) is 2.95. The highest BCUT2D eigenvalue weighted by atomic mass is 32.1. The van der Waals surface area contributed by atoms with Crippen LogP contribution in [0.4, 0.5) is 0 Å². The zero-order chi connectivity index (χ0) is 14.2. The SMILES string of the molecule is COc1ccccc1CN(CCCO)Cc1cccs1. The Bertz CT molecular complexity index is 499. The lowest BCUT2D eigenvalue weighted by molar-refractivity contribution is 0.212. The number of methoxy groups -OCH3 is 1. The van der Waals surface area contributed by atoms with Crippen molar-refractivity contribution in [1.82, 2.24) is 4.90 Å². The van der Waals surface area contributed by atoms with Crippen molar-refractivity contribution in [2.75, 3.05) is 20.3 Å². The summed E-state index contributed by atoms with van der Waals surface area (Å²) in [5.41, 5.74) is 1.18. The Balaban J connectivity index is 2.06. The Morgan fingerprint density at radius 2 is 2.00 bits per heavy atom. The Hall–Kier alpha value is -1.36. The van der Waals surface area contributed by atoms with Crippen molar-refractivity contribution in [1.29, 1.82) is 0 Å². The molecule has 0 bridgehead atoms. The molecule has 0 saturated carbocycles. The van der Waals surface area contributed by atoms with Crippen LogP contribution in [0.25, 0.3) is 0 Å². The van der Waals surface area contributed by atoms with Crippen molar-refractivity contribution in [3.8, 4) is 5.75 Å². The van der Waals surface area contributed by atoms with Gasteiger partial charge in [-0.3, -0.25) is 4.90 Å². The van der Waals surface area contributed by atoms with Gasteiger partial charge in [-0.05, 0) is 23.9 Å².